The molecule has 0 bridgehead atoms. The second-order valence-electron chi connectivity index (χ2n) is 8.56. The summed E-state index contributed by atoms with van der Waals surface area (Å²) < 4.78 is 11.9. The van der Waals surface area contributed by atoms with Crippen LogP contribution in [0.1, 0.15) is 32.0 Å². The normalized spacial score (nSPS) is 15.0. The van der Waals surface area contributed by atoms with Crippen LogP contribution in [-0.2, 0) is 17.8 Å². The standard InChI is InChI=1S/C22H30N4O5/c1-22(2,3)31-21(29)25-11-9-24(10-12-25)14-18-19(27)20(28)26(15-23-18)13-16-5-7-17(30-4)8-6-16/h5-8,15,27H,9-14H2,1-4H3. The highest BCUT2D eigenvalue weighted by Gasteiger charge is 2.26. The van der Waals surface area contributed by atoms with Crippen LogP contribution in [0.4, 0.5) is 4.79 Å². The molecule has 1 aromatic carbocycles. The zero-order chi connectivity index (χ0) is 22.6. The summed E-state index contributed by atoms with van der Waals surface area (Å²) in [5.41, 5.74) is 0.227. The number of hydrogen-bond donors (Lipinski definition) is 1. The van der Waals surface area contributed by atoms with Crippen LogP contribution in [0.2, 0.25) is 0 Å². The van der Waals surface area contributed by atoms with Crippen molar-refractivity contribution in [2.24, 2.45) is 0 Å². The second-order valence-corrected chi connectivity index (χ2v) is 8.56. The fraction of sp³-hybridized carbons (Fsp3) is 0.500. The van der Waals surface area contributed by atoms with Crippen molar-refractivity contribution in [2.75, 3.05) is 33.3 Å². The van der Waals surface area contributed by atoms with Crippen molar-refractivity contribution in [3.05, 3.63) is 52.2 Å². The van der Waals surface area contributed by atoms with Crippen molar-refractivity contribution < 1.29 is 19.4 Å². The topological polar surface area (TPSA) is 97.1 Å². The highest BCUT2D eigenvalue weighted by molar-refractivity contribution is 5.68. The van der Waals surface area contributed by atoms with E-state index in [-0.39, 0.29) is 11.8 Å². The van der Waals surface area contributed by atoms with Crippen molar-refractivity contribution >= 4 is 6.09 Å². The monoisotopic (exact) mass is 430 g/mol. The van der Waals surface area contributed by atoms with E-state index in [9.17, 15) is 14.7 Å². The van der Waals surface area contributed by atoms with Crippen LogP contribution in [0, 0.1) is 0 Å². The molecule has 9 heteroatoms. The summed E-state index contributed by atoms with van der Waals surface area (Å²) in [5.74, 6) is 0.393. The van der Waals surface area contributed by atoms with Gasteiger partial charge in [0.05, 0.1) is 20.0 Å². The van der Waals surface area contributed by atoms with E-state index in [4.69, 9.17) is 9.47 Å². The third-order valence-electron chi connectivity index (χ3n) is 5.00. The molecule has 2 aromatic rings. The van der Waals surface area contributed by atoms with Gasteiger partial charge in [-0.25, -0.2) is 9.78 Å². The number of aromatic nitrogens is 2. The first-order valence-electron chi connectivity index (χ1n) is 10.3. The van der Waals surface area contributed by atoms with E-state index >= 15 is 0 Å². The average Bonchev–Trinajstić information content (AvgIpc) is 2.73. The number of carbonyl (C=O) groups excluding carboxylic acids is 1. The number of nitrogens with zero attached hydrogens (tertiary/aromatic N) is 4. The number of aromatic hydroxyl groups is 1. The van der Waals surface area contributed by atoms with Crippen LogP contribution >= 0.6 is 0 Å². The molecule has 0 aliphatic carbocycles. The molecule has 3 rings (SSSR count). The lowest BCUT2D eigenvalue weighted by Crippen LogP contribution is -2.49. The number of ether oxygens (including phenoxy) is 2. The molecular formula is C22H30N4O5. The number of hydrogen-bond acceptors (Lipinski definition) is 7. The van der Waals surface area contributed by atoms with Gasteiger partial charge in [-0.05, 0) is 38.5 Å². The minimum Gasteiger partial charge on any atom is -0.502 e. The van der Waals surface area contributed by atoms with Gasteiger partial charge < -0.3 is 19.5 Å². The maximum absolute atomic E-state index is 12.6. The molecule has 0 spiro atoms. The van der Waals surface area contributed by atoms with Crippen LogP contribution in [0.25, 0.3) is 0 Å². The summed E-state index contributed by atoms with van der Waals surface area (Å²) in [5, 5.41) is 10.4. The van der Waals surface area contributed by atoms with E-state index in [1.165, 1.54) is 10.9 Å². The number of rotatable bonds is 5. The fourth-order valence-corrected chi connectivity index (χ4v) is 3.30. The Morgan fingerprint density at radius 2 is 1.74 bits per heavy atom. The van der Waals surface area contributed by atoms with Crippen LogP contribution in [-0.4, -0.2) is 69.4 Å². The first-order chi connectivity index (χ1) is 14.7. The van der Waals surface area contributed by atoms with Crippen LogP contribution in [0.15, 0.2) is 35.4 Å². The highest BCUT2D eigenvalue weighted by Crippen LogP contribution is 2.16. The number of benzene rings is 1. The minimum absolute atomic E-state index is 0.304. The first-order valence-corrected chi connectivity index (χ1v) is 10.3. The number of piperazine rings is 1. The van der Waals surface area contributed by atoms with Crippen LogP contribution < -0.4 is 10.3 Å². The molecule has 168 valence electrons. The lowest BCUT2D eigenvalue weighted by molar-refractivity contribution is 0.0137. The Balaban J connectivity index is 1.60. The Bertz CT molecular complexity index is 957. The highest BCUT2D eigenvalue weighted by atomic mass is 16.6. The smallest absolute Gasteiger partial charge is 0.410 e. The summed E-state index contributed by atoms with van der Waals surface area (Å²) in [6, 6.07) is 7.36. The molecule has 0 unspecified atom stereocenters. The summed E-state index contributed by atoms with van der Waals surface area (Å²) in [6.45, 7) is 8.41. The summed E-state index contributed by atoms with van der Waals surface area (Å²) in [6.07, 6.45) is 1.13. The van der Waals surface area contributed by atoms with Gasteiger partial charge >= 0.3 is 6.09 Å². The van der Waals surface area contributed by atoms with Gasteiger partial charge in [-0.2, -0.15) is 0 Å². The fourth-order valence-electron chi connectivity index (χ4n) is 3.30. The van der Waals surface area contributed by atoms with Gasteiger partial charge in [0.15, 0.2) is 0 Å². The van der Waals surface area contributed by atoms with E-state index in [1.807, 2.05) is 45.0 Å². The van der Waals surface area contributed by atoms with E-state index in [0.717, 1.165) is 11.3 Å². The molecule has 2 heterocycles. The third-order valence-corrected chi connectivity index (χ3v) is 5.00. The van der Waals surface area contributed by atoms with Gasteiger partial charge in [0.2, 0.25) is 5.75 Å². The van der Waals surface area contributed by atoms with Crippen molar-refractivity contribution in [1.82, 2.24) is 19.4 Å². The molecule has 1 aromatic heterocycles. The molecule has 0 radical (unpaired) electrons. The number of amides is 1. The van der Waals surface area contributed by atoms with Crippen molar-refractivity contribution in [1.29, 1.82) is 0 Å². The molecule has 1 aliphatic rings. The van der Waals surface area contributed by atoms with Gasteiger partial charge in [0.25, 0.3) is 5.56 Å². The van der Waals surface area contributed by atoms with Gasteiger partial charge in [0, 0.05) is 32.7 Å². The Labute approximate surface area is 181 Å². The van der Waals surface area contributed by atoms with E-state index in [2.05, 4.69) is 9.88 Å². The van der Waals surface area contributed by atoms with E-state index < -0.39 is 11.2 Å². The maximum atomic E-state index is 12.6. The maximum Gasteiger partial charge on any atom is 0.410 e. The molecule has 1 amide bonds. The zero-order valence-corrected chi connectivity index (χ0v) is 18.5. The van der Waals surface area contributed by atoms with Crippen LogP contribution in [0.3, 0.4) is 0 Å². The molecule has 1 N–H and O–H groups in total. The van der Waals surface area contributed by atoms with Crippen molar-refractivity contribution in [3.63, 3.8) is 0 Å². The van der Waals surface area contributed by atoms with Crippen molar-refractivity contribution in [2.45, 2.75) is 39.5 Å². The second kappa shape index (κ2) is 9.38. The lowest BCUT2D eigenvalue weighted by atomic mass is 10.2. The van der Waals surface area contributed by atoms with Gasteiger partial charge in [-0.3, -0.25) is 14.3 Å². The SMILES string of the molecule is COc1ccc(Cn2cnc(CN3CCN(C(=O)OC(C)(C)C)CC3)c(O)c2=O)cc1. The predicted molar refractivity (Wildman–Crippen MR) is 115 cm³/mol. The predicted octanol–water partition coefficient (Wildman–Crippen LogP) is 2.06. The number of carbonyl (C=O) groups is 1. The molecule has 1 saturated heterocycles. The Kier molecular flexibility index (Phi) is 6.84. The number of methoxy groups -OCH3 is 1. The molecule has 9 nitrogen and oxygen atoms in total. The summed E-state index contributed by atoms with van der Waals surface area (Å²) in [4.78, 5) is 32.8. The zero-order valence-electron chi connectivity index (χ0n) is 18.5. The first kappa shape index (κ1) is 22.6. The minimum atomic E-state index is -0.528. The molecule has 0 atom stereocenters. The Morgan fingerprint density at radius 1 is 1.10 bits per heavy atom. The molecule has 1 fully saturated rings. The van der Waals surface area contributed by atoms with Crippen molar-refractivity contribution in [3.8, 4) is 11.5 Å². The largest absolute Gasteiger partial charge is 0.502 e. The van der Waals surface area contributed by atoms with Gasteiger partial charge in [-0.15, -0.1) is 0 Å². The van der Waals surface area contributed by atoms with E-state index in [0.29, 0.717) is 45.0 Å². The van der Waals surface area contributed by atoms with E-state index in [1.54, 1.807) is 12.0 Å². The quantitative estimate of drug-likeness (QED) is 0.775. The van der Waals surface area contributed by atoms with Gasteiger partial charge in [0.1, 0.15) is 17.0 Å². The Hall–Kier alpha value is -3.07. The third kappa shape index (κ3) is 5.97. The Morgan fingerprint density at radius 3 is 2.32 bits per heavy atom. The summed E-state index contributed by atoms with van der Waals surface area (Å²) in [7, 11) is 1.59. The summed E-state index contributed by atoms with van der Waals surface area (Å²) >= 11 is 0. The average molecular weight is 431 g/mol. The molecule has 1 aliphatic heterocycles. The van der Waals surface area contributed by atoms with Gasteiger partial charge in [-0.1, -0.05) is 12.1 Å². The molecule has 31 heavy (non-hydrogen) atoms. The molecular weight excluding hydrogens is 400 g/mol. The lowest BCUT2D eigenvalue weighted by Gasteiger charge is -2.35. The van der Waals surface area contributed by atoms with Crippen LogP contribution in [0.5, 0.6) is 11.5 Å². The molecule has 0 saturated carbocycles.